The van der Waals surface area contributed by atoms with Crippen molar-refractivity contribution in [2.75, 3.05) is 19.6 Å². The Hall–Kier alpha value is -1.49. The molecule has 0 saturated carbocycles. The summed E-state index contributed by atoms with van der Waals surface area (Å²) in [6, 6.07) is 3.96. The van der Waals surface area contributed by atoms with Gasteiger partial charge in [0, 0.05) is 19.1 Å². The number of nitrogens with one attached hydrogen (secondary N) is 1. The van der Waals surface area contributed by atoms with E-state index >= 15 is 0 Å². The van der Waals surface area contributed by atoms with Crippen LogP contribution in [-0.2, 0) is 0 Å². The topological polar surface area (TPSA) is 32.3 Å². The third-order valence-corrected chi connectivity index (χ3v) is 3.57. The lowest BCUT2D eigenvalue weighted by Crippen LogP contribution is -2.48. The van der Waals surface area contributed by atoms with E-state index in [1.165, 1.54) is 12.1 Å². The van der Waals surface area contributed by atoms with Crippen LogP contribution in [0.1, 0.15) is 36.5 Å². The molecule has 0 bridgehead atoms. The van der Waals surface area contributed by atoms with E-state index in [9.17, 15) is 13.6 Å². The van der Waals surface area contributed by atoms with Crippen LogP contribution in [0.3, 0.4) is 0 Å². The average molecular weight is 282 g/mol. The fourth-order valence-corrected chi connectivity index (χ4v) is 2.52. The van der Waals surface area contributed by atoms with Crippen molar-refractivity contribution in [1.29, 1.82) is 0 Å². The molecule has 1 fully saturated rings. The number of rotatable bonds is 4. The molecule has 0 spiro atoms. The smallest absolute Gasteiger partial charge is 0.256 e. The normalized spacial score (nSPS) is 19.1. The maximum absolute atomic E-state index is 13.7. The number of nitrogens with zero attached hydrogens (tertiary/aromatic N) is 1. The SMILES string of the molecule is CCCNC1CCCN(C(=O)c2cccc(F)c2F)C1. The zero-order valence-corrected chi connectivity index (χ0v) is 11.7. The van der Waals surface area contributed by atoms with Crippen LogP contribution in [0.5, 0.6) is 0 Å². The Labute approximate surface area is 118 Å². The van der Waals surface area contributed by atoms with Gasteiger partial charge in [-0.2, -0.15) is 0 Å². The Morgan fingerprint density at radius 3 is 3.00 bits per heavy atom. The lowest BCUT2D eigenvalue weighted by atomic mass is 10.0. The summed E-state index contributed by atoms with van der Waals surface area (Å²) in [6.07, 6.45) is 2.92. The lowest BCUT2D eigenvalue weighted by Gasteiger charge is -2.33. The maximum Gasteiger partial charge on any atom is 0.256 e. The molecular weight excluding hydrogens is 262 g/mol. The molecule has 0 aliphatic carbocycles. The summed E-state index contributed by atoms with van der Waals surface area (Å²) in [7, 11) is 0. The third-order valence-electron chi connectivity index (χ3n) is 3.57. The minimum Gasteiger partial charge on any atom is -0.337 e. The van der Waals surface area contributed by atoms with E-state index in [0.29, 0.717) is 13.1 Å². The monoisotopic (exact) mass is 282 g/mol. The summed E-state index contributed by atoms with van der Waals surface area (Å²) in [5.41, 5.74) is -0.179. The molecule has 2 rings (SSSR count). The van der Waals surface area contributed by atoms with E-state index in [0.717, 1.165) is 31.9 Å². The van der Waals surface area contributed by atoms with Crippen molar-refractivity contribution in [2.45, 2.75) is 32.2 Å². The predicted molar refractivity (Wildman–Crippen MR) is 73.6 cm³/mol. The van der Waals surface area contributed by atoms with Crippen molar-refractivity contribution in [1.82, 2.24) is 10.2 Å². The Balaban J connectivity index is 2.06. The van der Waals surface area contributed by atoms with Crippen LogP contribution in [0.25, 0.3) is 0 Å². The molecule has 0 aromatic heterocycles. The molecule has 1 atom stereocenters. The second-order valence-electron chi connectivity index (χ2n) is 5.15. The molecule has 1 unspecified atom stereocenters. The van der Waals surface area contributed by atoms with Crippen LogP contribution in [0.4, 0.5) is 8.78 Å². The van der Waals surface area contributed by atoms with Gasteiger partial charge in [0.15, 0.2) is 11.6 Å². The van der Waals surface area contributed by atoms with Crippen molar-refractivity contribution < 1.29 is 13.6 Å². The van der Waals surface area contributed by atoms with Gasteiger partial charge in [-0.1, -0.05) is 13.0 Å². The van der Waals surface area contributed by atoms with Crippen LogP contribution < -0.4 is 5.32 Å². The molecule has 5 heteroatoms. The van der Waals surface area contributed by atoms with Crippen molar-refractivity contribution in [3.63, 3.8) is 0 Å². The molecule has 1 saturated heterocycles. The molecule has 110 valence electrons. The zero-order chi connectivity index (χ0) is 14.5. The van der Waals surface area contributed by atoms with Gasteiger partial charge in [-0.25, -0.2) is 8.78 Å². The molecule has 0 radical (unpaired) electrons. The zero-order valence-electron chi connectivity index (χ0n) is 11.7. The van der Waals surface area contributed by atoms with Crippen LogP contribution in [0.2, 0.25) is 0 Å². The number of carbonyl (C=O) groups is 1. The van der Waals surface area contributed by atoms with Gasteiger partial charge in [0.25, 0.3) is 5.91 Å². The van der Waals surface area contributed by atoms with Crippen LogP contribution in [0.15, 0.2) is 18.2 Å². The Morgan fingerprint density at radius 1 is 1.45 bits per heavy atom. The second-order valence-corrected chi connectivity index (χ2v) is 5.15. The maximum atomic E-state index is 13.7. The first kappa shape index (κ1) is 14.9. The van der Waals surface area contributed by atoms with E-state index in [4.69, 9.17) is 0 Å². The third kappa shape index (κ3) is 3.33. The highest BCUT2D eigenvalue weighted by atomic mass is 19.2. The van der Waals surface area contributed by atoms with Gasteiger partial charge < -0.3 is 10.2 Å². The van der Waals surface area contributed by atoms with Gasteiger partial charge in [0.05, 0.1) is 5.56 Å². The van der Waals surface area contributed by atoms with Gasteiger partial charge in [0.1, 0.15) is 0 Å². The fourth-order valence-electron chi connectivity index (χ4n) is 2.52. The largest absolute Gasteiger partial charge is 0.337 e. The highest BCUT2D eigenvalue weighted by molar-refractivity contribution is 5.94. The molecule has 20 heavy (non-hydrogen) atoms. The van der Waals surface area contributed by atoms with Gasteiger partial charge in [-0.3, -0.25) is 4.79 Å². The Bertz CT molecular complexity index is 479. The molecule has 1 amide bonds. The van der Waals surface area contributed by atoms with Crippen molar-refractivity contribution in [3.05, 3.63) is 35.4 Å². The summed E-state index contributed by atoms with van der Waals surface area (Å²) >= 11 is 0. The molecule has 1 aliphatic rings. The van der Waals surface area contributed by atoms with E-state index < -0.39 is 17.5 Å². The molecule has 1 aliphatic heterocycles. The number of carbonyl (C=O) groups excluding carboxylic acids is 1. The standard InChI is InChI=1S/C15H20F2N2O/c1-2-8-18-11-5-4-9-19(10-11)15(20)12-6-3-7-13(16)14(12)17/h3,6-7,11,18H,2,4-5,8-10H2,1H3. The lowest BCUT2D eigenvalue weighted by molar-refractivity contribution is 0.0689. The number of amides is 1. The number of halogens is 2. The minimum absolute atomic E-state index is 0.179. The second kappa shape index (κ2) is 6.79. The predicted octanol–water partition coefficient (Wildman–Crippen LogP) is 2.57. The van der Waals surface area contributed by atoms with Crippen molar-refractivity contribution >= 4 is 5.91 Å². The highest BCUT2D eigenvalue weighted by Crippen LogP contribution is 2.17. The summed E-state index contributed by atoms with van der Waals surface area (Å²) < 4.78 is 26.9. The van der Waals surface area contributed by atoms with E-state index in [-0.39, 0.29) is 11.6 Å². The first-order valence-corrected chi connectivity index (χ1v) is 7.10. The Kier molecular flexibility index (Phi) is 5.06. The summed E-state index contributed by atoms with van der Waals surface area (Å²) in [5, 5.41) is 3.37. The quantitative estimate of drug-likeness (QED) is 0.920. The van der Waals surface area contributed by atoms with Crippen LogP contribution in [0, 0.1) is 11.6 Å². The van der Waals surface area contributed by atoms with Gasteiger partial charge in [-0.15, -0.1) is 0 Å². The van der Waals surface area contributed by atoms with Gasteiger partial charge in [-0.05, 0) is 37.9 Å². The highest BCUT2D eigenvalue weighted by Gasteiger charge is 2.26. The first-order chi connectivity index (χ1) is 9.63. The van der Waals surface area contributed by atoms with Crippen LogP contribution in [-0.4, -0.2) is 36.5 Å². The van der Waals surface area contributed by atoms with Gasteiger partial charge >= 0.3 is 0 Å². The summed E-state index contributed by atoms with van der Waals surface area (Å²) in [6.45, 7) is 4.13. The first-order valence-electron chi connectivity index (χ1n) is 7.10. The van der Waals surface area contributed by atoms with E-state index in [1.54, 1.807) is 4.90 Å². The number of hydrogen-bond acceptors (Lipinski definition) is 2. The molecule has 1 aromatic carbocycles. The fraction of sp³-hybridized carbons (Fsp3) is 0.533. The van der Waals surface area contributed by atoms with Crippen molar-refractivity contribution in [2.24, 2.45) is 0 Å². The minimum atomic E-state index is -1.05. The van der Waals surface area contributed by atoms with Crippen LogP contribution >= 0.6 is 0 Å². The molecule has 1 N–H and O–H groups in total. The molecular formula is C15H20F2N2O. The molecule has 1 heterocycles. The molecule has 1 aromatic rings. The number of benzene rings is 1. The number of likely N-dealkylation sites (tertiary alicyclic amines) is 1. The van der Waals surface area contributed by atoms with Gasteiger partial charge in [0.2, 0.25) is 0 Å². The van der Waals surface area contributed by atoms with E-state index in [1.807, 2.05) is 0 Å². The average Bonchev–Trinajstić information content (AvgIpc) is 2.47. The Morgan fingerprint density at radius 2 is 2.25 bits per heavy atom. The summed E-state index contributed by atoms with van der Waals surface area (Å²) in [5.74, 6) is -2.46. The van der Waals surface area contributed by atoms with E-state index in [2.05, 4.69) is 12.2 Å². The van der Waals surface area contributed by atoms with Crippen molar-refractivity contribution in [3.8, 4) is 0 Å². The molecule has 3 nitrogen and oxygen atoms in total. The summed E-state index contributed by atoms with van der Waals surface area (Å²) in [4.78, 5) is 13.9. The number of hydrogen-bond donors (Lipinski definition) is 1. The number of piperidine rings is 1.